The maximum absolute atomic E-state index is 13.7. The minimum absolute atomic E-state index is 0.148. The number of halogens is 1. The summed E-state index contributed by atoms with van der Waals surface area (Å²) in [6.45, 7) is 0.297. The molecule has 4 aromatic rings. The van der Waals surface area contributed by atoms with Crippen LogP contribution >= 0.6 is 0 Å². The Morgan fingerprint density at radius 3 is 2.49 bits per heavy atom. The molecule has 0 spiro atoms. The van der Waals surface area contributed by atoms with Gasteiger partial charge in [-0.15, -0.1) is 0 Å². The van der Waals surface area contributed by atoms with Crippen LogP contribution in [0.5, 0.6) is 5.75 Å². The Hall–Kier alpha value is -4.61. The number of primary amides is 1. The van der Waals surface area contributed by atoms with Crippen LogP contribution in [0.25, 0.3) is 17.1 Å². The van der Waals surface area contributed by atoms with Gasteiger partial charge in [0.2, 0.25) is 0 Å². The maximum Gasteiger partial charge on any atom is 0.280 e. The van der Waals surface area contributed by atoms with Gasteiger partial charge in [0, 0.05) is 18.0 Å². The van der Waals surface area contributed by atoms with Crippen molar-refractivity contribution >= 4 is 11.8 Å². The summed E-state index contributed by atoms with van der Waals surface area (Å²) in [5, 5.41) is 7.41. The molecule has 3 N–H and O–H groups in total. The first kappa shape index (κ1) is 26.0. The van der Waals surface area contributed by atoms with Crippen molar-refractivity contribution in [2.75, 3.05) is 20.3 Å². The van der Waals surface area contributed by atoms with E-state index in [1.165, 1.54) is 23.0 Å². The molecule has 11 heteroatoms. The molecule has 3 heterocycles. The molecule has 0 aliphatic carbocycles. The minimum atomic E-state index is -1.85. The van der Waals surface area contributed by atoms with Crippen LogP contribution < -0.4 is 15.8 Å². The van der Waals surface area contributed by atoms with Gasteiger partial charge in [-0.2, -0.15) is 5.10 Å². The summed E-state index contributed by atoms with van der Waals surface area (Å²) < 4.78 is 31.4. The molecule has 10 nitrogen and oxygen atoms in total. The van der Waals surface area contributed by atoms with Crippen LogP contribution in [0, 0.1) is 5.82 Å². The Kier molecular flexibility index (Phi) is 7.35. The number of methoxy groups -OCH3 is 1. The molecule has 2 amide bonds. The monoisotopic (exact) mass is 531 g/mol. The number of pyridine rings is 1. The Bertz CT molecular complexity index is 1470. The van der Waals surface area contributed by atoms with Crippen molar-refractivity contribution in [3.8, 4) is 22.8 Å². The van der Waals surface area contributed by atoms with E-state index in [9.17, 15) is 14.0 Å². The molecule has 5 rings (SSSR count). The fraction of sp³-hybridized carbons (Fsp3) is 0.214. The molecule has 200 valence electrons. The summed E-state index contributed by atoms with van der Waals surface area (Å²) in [6.07, 6.45) is 3.37. The Morgan fingerprint density at radius 2 is 1.82 bits per heavy atom. The van der Waals surface area contributed by atoms with Gasteiger partial charge in [0.25, 0.3) is 17.6 Å². The number of amides is 2. The molecule has 39 heavy (non-hydrogen) atoms. The molecule has 1 atom stereocenters. The highest BCUT2D eigenvalue weighted by Crippen LogP contribution is 2.28. The number of benzene rings is 2. The van der Waals surface area contributed by atoms with Gasteiger partial charge in [-0.25, -0.2) is 14.1 Å². The lowest BCUT2D eigenvalue weighted by Gasteiger charge is -2.33. The Balaban J connectivity index is 1.45. The topological polar surface area (TPSA) is 131 Å². The predicted molar refractivity (Wildman–Crippen MR) is 139 cm³/mol. The van der Waals surface area contributed by atoms with Crippen molar-refractivity contribution in [3.05, 3.63) is 96.1 Å². The van der Waals surface area contributed by atoms with Crippen molar-refractivity contribution in [3.63, 3.8) is 0 Å². The van der Waals surface area contributed by atoms with Crippen molar-refractivity contribution in [2.45, 2.75) is 18.2 Å². The summed E-state index contributed by atoms with van der Waals surface area (Å²) in [5.74, 6) is -2.66. The lowest BCUT2D eigenvalue weighted by atomic mass is 9.97. The zero-order chi connectivity index (χ0) is 27.4. The Morgan fingerprint density at radius 1 is 1.10 bits per heavy atom. The van der Waals surface area contributed by atoms with Crippen LogP contribution in [0.15, 0.2) is 79.1 Å². The van der Waals surface area contributed by atoms with Crippen LogP contribution in [0.4, 0.5) is 4.39 Å². The molecule has 0 radical (unpaired) electrons. The van der Waals surface area contributed by atoms with E-state index in [4.69, 9.17) is 19.9 Å². The predicted octanol–water partition coefficient (Wildman–Crippen LogP) is 2.65. The highest BCUT2D eigenvalue weighted by atomic mass is 19.1. The normalized spacial score (nSPS) is 15.0. The van der Waals surface area contributed by atoms with Gasteiger partial charge >= 0.3 is 0 Å². The first-order valence-electron chi connectivity index (χ1n) is 12.2. The fourth-order valence-electron chi connectivity index (χ4n) is 4.43. The highest BCUT2D eigenvalue weighted by Gasteiger charge is 2.51. The van der Waals surface area contributed by atoms with Crippen molar-refractivity contribution in [1.29, 1.82) is 0 Å². The van der Waals surface area contributed by atoms with Gasteiger partial charge < -0.3 is 25.3 Å². The molecule has 0 saturated carbocycles. The standard InChI is InChI=1S/C28H26FN5O5/c1-37-21-10-4-18(5-11-21)17-24(28(27(30)36)38-15-16-39-28)32-26(35)22-3-2-13-31-25(22)34-14-12-23(33-34)19-6-8-20(29)9-7-19/h2-14,24H,15-17H2,1H3,(H2,30,36)(H,32,35). The van der Waals surface area contributed by atoms with Crippen molar-refractivity contribution < 1.29 is 28.2 Å². The molecule has 1 saturated heterocycles. The quantitative estimate of drug-likeness (QED) is 0.340. The summed E-state index contributed by atoms with van der Waals surface area (Å²) >= 11 is 0. The second-order valence-corrected chi connectivity index (χ2v) is 8.83. The zero-order valence-electron chi connectivity index (χ0n) is 21.0. The second-order valence-electron chi connectivity index (χ2n) is 8.83. The van der Waals surface area contributed by atoms with Crippen LogP contribution in [-0.2, 0) is 20.7 Å². The molecule has 0 bridgehead atoms. The SMILES string of the molecule is COc1ccc(CC(NC(=O)c2cccnc2-n2ccc(-c3ccc(F)cc3)n2)C2(C(N)=O)OCCO2)cc1. The zero-order valence-corrected chi connectivity index (χ0v) is 21.0. The van der Waals surface area contributed by atoms with E-state index >= 15 is 0 Å². The van der Waals surface area contributed by atoms with E-state index < -0.39 is 23.6 Å². The van der Waals surface area contributed by atoms with Gasteiger partial charge in [-0.3, -0.25) is 9.59 Å². The number of rotatable bonds is 9. The van der Waals surface area contributed by atoms with E-state index in [0.717, 1.165) is 5.56 Å². The van der Waals surface area contributed by atoms with Crippen molar-refractivity contribution in [2.24, 2.45) is 5.73 Å². The van der Waals surface area contributed by atoms with E-state index in [1.807, 2.05) is 12.1 Å². The van der Waals surface area contributed by atoms with Crippen LogP contribution in [0.2, 0.25) is 0 Å². The van der Waals surface area contributed by atoms with E-state index in [0.29, 0.717) is 17.0 Å². The number of ether oxygens (including phenoxy) is 3. The smallest absolute Gasteiger partial charge is 0.280 e. The van der Waals surface area contributed by atoms with Gasteiger partial charge in [0.05, 0.1) is 37.6 Å². The third-order valence-corrected chi connectivity index (χ3v) is 6.40. The summed E-state index contributed by atoms with van der Waals surface area (Å²) in [4.78, 5) is 30.6. The first-order valence-corrected chi connectivity index (χ1v) is 12.2. The fourth-order valence-corrected chi connectivity index (χ4v) is 4.43. The van der Waals surface area contributed by atoms with E-state index in [2.05, 4.69) is 15.4 Å². The maximum atomic E-state index is 13.7. The van der Waals surface area contributed by atoms with Gasteiger partial charge in [-0.1, -0.05) is 12.1 Å². The minimum Gasteiger partial charge on any atom is -0.497 e. The summed E-state index contributed by atoms with van der Waals surface area (Å²) in [5.41, 5.74) is 8.00. The number of nitrogens with two attached hydrogens (primary N) is 1. The number of carbonyl (C=O) groups is 2. The van der Waals surface area contributed by atoms with Crippen LogP contribution in [0.3, 0.4) is 0 Å². The molecular formula is C28H26FN5O5. The van der Waals surface area contributed by atoms with Gasteiger partial charge in [-0.05, 0) is 66.6 Å². The third kappa shape index (κ3) is 5.35. The average molecular weight is 532 g/mol. The molecule has 1 fully saturated rings. The average Bonchev–Trinajstić information content (AvgIpc) is 3.65. The summed E-state index contributed by atoms with van der Waals surface area (Å²) in [6, 6.07) is 17.1. The van der Waals surface area contributed by atoms with Crippen LogP contribution in [-0.4, -0.2) is 58.7 Å². The van der Waals surface area contributed by atoms with Crippen molar-refractivity contribution in [1.82, 2.24) is 20.1 Å². The molecule has 1 aliphatic rings. The largest absolute Gasteiger partial charge is 0.497 e. The van der Waals surface area contributed by atoms with E-state index in [1.54, 1.807) is 55.8 Å². The molecular weight excluding hydrogens is 505 g/mol. The van der Waals surface area contributed by atoms with Gasteiger partial charge in [0.1, 0.15) is 11.6 Å². The lowest BCUT2D eigenvalue weighted by molar-refractivity contribution is -0.189. The van der Waals surface area contributed by atoms with E-state index in [-0.39, 0.29) is 36.8 Å². The van der Waals surface area contributed by atoms with Gasteiger partial charge in [0.15, 0.2) is 5.82 Å². The number of hydrogen-bond acceptors (Lipinski definition) is 7. The first-order chi connectivity index (χ1) is 18.9. The number of aromatic nitrogens is 3. The third-order valence-electron chi connectivity index (χ3n) is 6.40. The Labute approximate surface area is 223 Å². The molecule has 1 unspecified atom stereocenters. The number of nitrogens with zero attached hydrogens (tertiary/aromatic N) is 3. The molecule has 2 aromatic heterocycles. The second kappa shape index (κ2) is 11.0. The van der Waals surface area contributed by atoms with Crippen LogP contribution in [0.1, 0.15) is 15.9 Å². The highest BCUT2D eigenvalue weighted by molar-refractivity contribution is 5.98. The molecule has 2 aromatic carbocycles. The number of carbonyl (C=O) groups excluding carboxylic acids is 2. The lowest BCUT2D eigenvalue weighted by Crippen LogP contribution is -2.61. The summed E-state index contributed by atoms with van der Waals surface area (Å²) in [7, 11) is 1.56. The molecule has 1 aliphatic heterocycles. The number of hydrogen-bond donors (Lipinski definition) is 2. The number of nitrogens with one attached hydrogen (secondary N) is 1.